The van der Waals surface area contributed by atoms with E-state index < -0.39 is 0 Å². The predicted molar refractivity (Wildman–Crippen MR) is 42.2 cm³/mol. The van der Waals surface area contributed by atoms with E-state index in [1.54, 1.807) is 12.1 Å². The molecule has 0 nitrogen and oxygen atoms in total. The Morgan fingerprint density at radius 2 is 1.22 bits per heavy atom. The zero-order valence-corrected chi connectivity index (χ0v) is 7.08. The van der Waals surface area contributed by atoms with Gasteiger partial charge in [0.2, 0.25) is 0 Å². The SMILES string of the molecule is Clc1ccccc1Cl.[Si]. The number of halogens is 2. The molecule has 0 amide bonds. The molecule has 0 aromatic heterocycles. The first-order valence-electron chi connectivity index (χ1n) is 2.21. The lowest BCUT2D eigenvalue weighted by atomic mass is 10.4. The fourth-order valence-electron chi connectivity index (χ4n) is 0.439. The van der Waals surface area contributed by atoms with Crippen molar-refractivity contribution in [1.29, 1.82) is 0 Å². The van der Waals surface area contributed by atoms with E-state index in [1.165, 1.54) is 0 Å². The number of hydrogen-bond donors (Lipinski definition) is 0. The molecule has 0 fully saturated rings. The van der Waals surface area contributed by atoms with Crippen molar-refractivity contribution in [3.8, 4) is 0 Å². The van der Waals surface area contributed by atoms with Gasteiger partial charge in [-0.3, -0.25) is 0 Å². The van der Waals surface area contributed by atoms with Crippen LogP contribution in [0, 0.1) is 0 Å². The summed E-state index contributed by atoms with van der Waals surface area (Å²) < 4.78 is 0. The van der Waals surface area contributed by atoms with Gasteiger partial charge in [0, 0.05) is 11.0 Å². The minimum atomic E-state index is 0. The molecule has 0 aliphatic heterocycles. The van der Waals surface area contributed by atoms with Crippen LogP contribution in [0.2, 0.25) is 10.0 Å². The van der Waals surface area contributed by atoms with Crippen LogP contribution in [-0.4, -0.2) is 11.0 Å². The highest BCUT2D eigenvalue weighted by molar-refractivity contribution is 6.41. The van der Waals surface area contributed by atoms with Crippen LogP contribution in [0.5, 0.6) is 0 Å². The molecule has 1 aromatic carbocycles. The standard InChI is InChI=1S/C6H4Cl2.Si/c7-5-3-1-2-4-6(5)8;/h1-4H;. The van der Waals surface area contributed by atoms with E-state index in [0.717, 1.165) is 0 Å². The van der Waals surface area contributed by atoms with Gasteiger partial charge in [-0.05, 0) is 12.1 Å². The molecule has 0 heterocycles. The van der Waals surface area contributed by atoms with Crippen LogP contribution >= 0.6 is 23.2 Å². The van der Waals surface area contributed by atoms with Gasteiger partial charge in [0.25, 0.3) is 0 Å². The Hall–Kier alpha value is 0.0169. The fourth-order valence-corrected chi connectivity index (χ4v) is 0.711. The summed E-state index contributed by atoms with van der Waals surface area (Å²) in [6.45, 7) is 0. The summed E-state index contributed by atoms with van der Waals surface area (Å²) in [5, 5.41) is 1.21. The molecule has 0 saturated heterocycles. The Kier molecular flexibility index (Phi) is 3.94. The van der Waals surface area contributed by atoms with Gasteiger partial charge in [0.1, 0.15) is 0 Å². The van der Waals surface area contributed by atoms with Crippen molar-refractivity contribution in [2.24, 2.45) is 0 Å². The lowest BCUT2D eigenvalue weighted by Crippen LogP contribution is -1.62. The summed E-state index contributed by atoms with van der Waals surface area (Å²) in [7, 11) is 0. The second-order valence-corrected chi connectivity index (χ2v) is 2.23. The summed E-state index contributed by atoms with van der Waals surface area (Å²) in [6, 6.07) is 7.19. The van der Waals surface area contributed by atoms with E-state index >= 15 is 0 Å². The summed E-state index contributed by atoms with van der Waals surface area (Å²) in [6.07, 6.45) is 0. The van der Waals surface area contributed by atoms with Gasteiger partial charge in [-0.2, -0.15) is 0 Å². The zero-order valence-electron chi connectivity index (χ0n) is 4.57. The molecular formula is C6H4Cl2Si. The fraction of sp³-hybridized carbons (Fsp3) is 0. The molecule has 3 heteroatoms. The summed E-state index contributed by atoms with van der Waals surface area (Å²) >= 11 is 11.2. The lowest BCUT2D eigenvalue weighted by Gasteiger charge is -1.88. The van der Waals surface area contributed by atoms with Gasteiger partial charge >= 0.3 is 0 Å². The van der Waals surface area contributed by atoms with Gasteiger partial charge in [-0.15, -0.1) is 0 Å². The maximum absolute atomic E-state index is 5.58. The Balaban J connectivity index is 0.000000640. The lowest BCUT2D eigenvalue weighted by molar-refractivity contribution is 1.71. The summed E-state index contributed by atoms with van der Waals surface area (Å²) in [5.41, 5.74) is 0. The highest BCUT2D eigenvalue weighted by Gasteiger charge is 1.89. The molecule has 0 unspecified atom stereocenters. The second-order valence-electron chi connectivity index (χ2n) is 1.41. The van der Waals surface area contributed by atoms with Crippen molar-refractivity contribution in [2.75, 3.05) is 0 Å². The van der Waals surface area contributed by atoms with Gasteiger partial charge in [0.15, 0.2) is 0 Å². The molecule has 4 radical (unpaired) electrons. The minimum Gasteiger partial charge on any atom is -0.0827 e. The van der Waals surface area contributed by atoms with Crippen molar-refractivity contribution >= 4 is 34.2 Å². The smallest absolute Gasteiger partial charge is 0.0592 e. The topological polar surface area (TPSA) is 0 Å². The van der Waals surface area contributed by atoms with Crippen molar-refractivity contribution in [1.82, 2.24) is 0 Å². The summed E-state index contributed by atoms with van der Waals surface area (Å²) in [5.74, 6) is 0. The van der Waals surface area contributed by atoms with Crippen LogP contribution in [-0.2, 0) is 0 Å². The molecule has 0 aliphatic carbocycles. The van der Waals surface area contributed by atoms with E-state index in [2.05, 4.69) is 0 Å². The maximum Gasteiger partial charge on any atom is 0.0592 e. The Morgan fingerprint density at radius 3 is 1.44 bits per heavy atom. The van der Waals surface area contributed by atoms with Crippen LogP contribution in [0.3, 0.4) is 0 Å². The molecule has 0 N–H and O–H groups in total. The van der Waals surface area contributed by atoms with Crippen LogP contribution in [0.15, 0.2) is 24.3 Å². The van der Waals surface area contributed by atoms with Crippen LogP contribution in [0.4, 0.5) is 0 Å². The van der Waals surface area contributed by atoms with Crippen molar-refractivity contribution in [3.63, 3.8) is 0 Å². The van der Waals surface area contributed by atoms with Gasteiger partial charge < -0.3 is 0 Å². The highest BCUT2D eigenvalue weighted by Crippen LogP contribution is 2.19. The normalized spacial score (nSPS) is 8.22. The van der Waals surface area contributed by atoms with Gasteiger partial charge in [0.05, 0.1) is 10.0 Å². The first-order valence-corrected chi connectivity index (χ1v) is 2.96. The molecule has 0 aliphatic rings. The van der Waals surface area contributed by atoms with E-state index in [0.29, 0.717) is 10.0 Å². The maximum atomic E-state index is 5.58. The molecule has 1 aromatic rings. The third-order valence-corrected chi connectivity index (χ3v) is 1.58. The van der Waals surface area contributed by atoms with Crippen molar-refractivity contribution < 1.29 is 0 Å². The van der Waals surface area contributed by atoms with Crippen LogP contribution in [0.1, 0.15) is 0 Å². The molecule has 46 valence electrons. The quantitative estimate of drug-likeness (QED) is 0.531. The molecule has 0 bridgehead atoms. The van der Waals surface area contributed by atoms with Gasteiger partial charge in [-0.25, -0.2) is 0 Å². The van der Waals surface area contributed by atoms with Crippen LogP contribution in [0.25, 0.3) is 0 Å². The first kappa shape index (κ1) is 9.02. The second kappa shape index (κ2) is 3.93. The molecule has 1 rings (SSSR count). The summed E-state index contributed by atoms with van der Waals surface area (Å²) in [4.78, 5) is 0. The van der Waals surface area contributed by atoms with E-state index in [-0.39, 0.29) is 11.0 Å². The minimum absolute atomic E-state index is 0. The molecule has 0 saturated carbocycles. The average Bonchev–Trinajstić information content (AvgIpc) is 1.77. The average molecular weight is 175 g/mol. The van der Waals surface area contributed by atoms with Crippen molar-refractivity contribution in [2.45, 2.75) is 0 Å². The predicted octanol–water partition coefficient (Wildman–Crippen LogP) is 2.61. The Bertz CT molecular complexity index is 167. The third kappa shape index (κ3) is 2.39. The largest absolute Gasteiger partial charge is 0.0827 e. The molecular weight excluding hydrogens is 171 g/mol. The third-order valence-electron chi connectivity index (χ3n) is 0.824. The van der Waals surface area contributed by atoms with Crippen molar-refractivity contribution in [3.05, 3.63) is 34.3 Å². The van der Waals surface area contributed by atoms with Crippen LogP contribution < -0.4 is 0 Å². The van der Waals surface area contributed by atoms with E-state index in [9.17, 15) is 0 Å². The highest BCUT2D eigenvalue weighted by atomic mass is 35.5. The van der Waals surface area contributed by atoms with Gasteiger partial charge in [-0.1, -0.05) is 35.3 Å². The Labute approximate surface area is 68.8 Å². The van der Waals surface area contributed by atoms with E-state index in [1.807, 2.05) is 12.1 Å². The van der Waals surface area contributed by atoms with E-state index in [4.69, 9.17) is 23.2 Å². The molecule has 0 atom stereocenters. The Morgan fingerprint density at radius 1 is 0.889 bits per heavy atom. The first-order chi connectivity index (χ1) is 3.80. The molecule has 0 spiro atoms. The number of rotatable bonds is 0. The monoisotopic (exact) mass is 174 g/mol. The number of benzene rings is 1. The molecule has 9 heavy (non-hydrogen) atoms. The zero-order chi connectivity index (χ0) is 5.98. The number of hydrogen-bond acceptors (Lipinski definition) is 0.